The van der Waals surface area contributed by atoms with Crippen molar-refractivity contribution < 1.29 is 9.84 Å². The quantitative estimate of drug-likeness (QED) is 0.442. The number of phenolic OH excluding ortho intramolecular Hbond substituents is 1. The first-order valence-corrected chi connectivity index (χ1v) is 10.3. The molecule has 1 atom stereocenters. The van der Waals surface area contributed by atoms with Gasteiger partial charge in [0.25, 0.3) is 0 Å². The van der Waals surface area contributed by atoms with Crippen molar-refractivity contribution in [2.45, 2.75) is 33.4 Å². The third-order valence-corrected chi connectivity index (χ3v) is 5.49. The molecule has 4 aromatic rings. The molecule has 0 aliphatic carbocycles. The predicted octanol–water partition coefficient (Wildman–Crippen LogP) is 5.29. The molecule has 1 aromatic heterocycles. The van der Waals surface area contributed by atoms with Crippen molar-refractivity contribution in [2.75, 3.05) is 6.61 Å². The molecule has 0 aliphatic rings. The Labute approximate surface area is 176 Å². The van der Waals surface area contributed by atoms with Gasteiger partial charge < -0.3 is 15.2 Å². The number of aromatic nitrogens is 2. The molecular weight excluding hydrogens is 374 g/mol. The Morgan fingerprint density at radius 1 is 1.07 bits per heavy atom. The number of hydrogen-bond donors (Lipinski definition) is 2. The summed E-state index contributed by atoms with van der Waals surface area (Å²) in [4.78, 5) is 0. The van der Waals surface area contributed by atoms with Crippen LogP contribution < -0.4 is 10.1 Å². The number of benzene rings is 3. The zero-order valence-electron chi connectivity index (χ0n) is 17.6. The number of fused-ring (bicyclic) bond motifs is 1. The molecule has 154 valence electrons. The molecule has 0 radical (unpaired) electrons. The maximum Gasteiger partial charge on any atom is 0.162 e. The summed E-state index contributed by atoms with van der Waals surface area (Å²) in [6.45, 7) is 7.17. The van der Waals surface area contributed by atoms with Crippen LogP contribution >= 0.6 is 0 Å². The predicted molar refractivity (Wildman–Crippen MR) is 120 cm³/mol. The fraction of sp³-hybridized carbons (Fsp3) is 0.240. The number of hydrogen-bond acceptors (Lipinski definition) is 4. The Hall–Kier alpha value is -3.31. The second-order valence-corrected chi connectivity index (χ2v) is 7.39. The average Bonchev–Trinajstić information content (AvgIpc) is 3.15. The van der Waals surface area contributed by atoms with Crippen molar-refractivity contribution in [1.29, 1.82) is 0 Å². The largest absolute Gasteiger partial charge is 0.504 e. The van der Waals surface area contributed by atoms with Gasteiger partial charge in [-0.15, -0.1) is 0 Å². The standard InChI is InChI=1S/C25H27N3O2/c1-4-30-24-14-8-11-20(25(24)29)15-26-17(2)22-16-27-28(18(22)3)23-13-7-10-19-9-5-6-12-21(19)23/h5-14,16-17,26,29H,4,15H2,1-3H3. The molecule has 0 fully saturated rings. The smallest absolute Gasteiger partial charge is 0.162 e. The van der Waals surface area contributed by atoms with Gasteiger partial charge in [-0.25, -0.2) is 4.68 Å². The lowest BCUT2D eigenvalue weighted by molar-refractivity contribution is 0.316. The van der Waals surface area contributed by atoms with Gasteiger partial charge in [0.2, 0.25) is 0 Å². The van der Waals surface area contributed by atoms with Crippen molar-refractivity contribution in [1.82, 2.24) is 15.1 Å². The molecule has 0 spiro atoms. The molecule has 5 heteroatoms. The van der Waals surface area contributed by atoms with Crippen LogP contribution in [0.4, 0.5) is 0 Å². The van der Waals surface area contributed by atoms with Crippen LogP contribution in [0.15, 0.2) is 66.9 Å². The molecule has 0 amide bonds. The minimum atomic E-state index is 0.0730. The number of rotatable bonds is 7. The Bertz CT molecular complexity index is 1160. The summed E-state index contributed by atoms with van der Waals surface area (Å²) >= 11 is 0. The van der Waals surface area contributed by atoms with Gasteiger partial charge in [-0.2, -0.15) is 5.10 Å². The van der Waals surface area contributed by atoms with Gasteiger partial charge in [-0.3, -0.25) is 0 Å². The lowest BCUT2D eigenvalue weighted by atomic mass is 10.1. The van der Waals surface area contributed by atoms with E-state index in [4.69, 9.17) is 4.74 Å². The molecule has 4 rings (SSSR count). The SMILES string of the molecule is CCOc1cccc(CNC(C)c2cnn(-c3cccc4ccccc34)c2C)c1O. The second-order valence-electron chi connectivity index (χ2n) is 7.39. The van der Waals surface area contributed by atoms with Crippen molar-refractivity contribution in [3.63, 3.8) is 0 Å². The van der Waals surface area contributed by atoms with E-state index in [2.05, 4.69) is 66.7 Å². The van der Waals surface area contributed by atoms with Crippen LogP contribution in [0.3, 0.4) is 0 Å². The first-order valence-electron chi connectivity index (χ1n) is 10.3. The van der Waals surface area contributed by atoms with E-state index in [9.17, 15) is 5.11 Å². The Kier molecular flexibility index (Phi) is 5.72. The van der Waals surface area contributed by atoms with Crippen molar-refractivity contribution in [3.8, 4) is 17.2 Å². The molecule has 0 bridgehead atoms. The van der Waals surface area contributed by atoms with E-state index in [0.29, 0.717) is 18.9 Å². The topological polar surface area (TPSA) is 59.3 Å². The third-order valence-electron chi connectivity index (χ3n) is 5.49. The first-order chi connectivity index (χ1) is 14.6. The monoisotopic (exact) mass is 401 g/mol. The van der Waals surface area contributed by atoms with Crippen LogP contribution in [0.1, 0.15) is 36.7 Å². The maximum absolute atomic E-state index is 10.4. The molecule has 1 unspecified atom stereocenters. The number of phenols is 1. The van der Waals surface area contributed by atoms with Crippen LogP contribution in [-0.2, 0) is 6.54 Å². The molecule has 3 aromatic carbocycles. The number of para-hydroxylation sites is 1. The highest BCUT2D eigenvalue weighted by Crippen LogP contribution is 2.31. The van der Waals surface area contributed by atoms with E-state index < -0.39 is 0 Å². The van der Waals surface area contributed by atoms with Crippen molar-refractivity contribution >= 4 is 10.8 Å². The molecule has 1 heterocycles. The molecule has 2 N–H and O–H groups in total. The van der Waals surface area contributed by atoms with Gasteiger partial charge in [-0.1, -0.05) is 48.5 Å². The van der Waals surface area contributed by atoms with Crippen LogP contribution in [-0.4, -0.2) is 21.5 Å². The summed E-state index contributed by atoms with van der Waals surface area (Å²) in [7, 11) is 0. The van der Waals surface area contributed by atoms with E-state index in [-0.39, 0.29) is 11.8 Å². The number of nitrogens with zero attached hydrogens (tertiary/aromatic N) is 2. The minimum absolute atomic E-state index is 0.0730. The lowest BCUT2D eigenvalue weighted by Gasteiger charge is -2.16. The van der Waals surface area contributed by atoms with Crippen LogP contribution in [0, 0.1) is 6.92 Å². The summed E-state index contributed by atoms with van der Waals surface area (Å²) in [5, 5.41) is 21.0. The second kappa shape index (κ2) is 8.59. The van der Waals surface area contributed by atoms with E-state index in [0.717, 1.165) is 22.5 Å². The van der Waals surface area contributed by atoms with Gasteiger partial charge >= 0.3 is 0 Å². The highest BCUT2D eigenvalue weighted by molar-refractivity contribution is 5.90. The van der Waals surface area contributed by atoms with Gasteiger partial charge in [0, 0.05) is 34.8 Å². The Morgan fingerprint density at radius 3 is 2.67 bits per heavy atom. The molecule has 5 nitrogen and oxygen atoms in total. The van der Waals surface area contributed by atoms with Gasteiger partial charge in [0.1, 0.15) is 0 Å². The normalized spacial score (nSPS) is 12.2. The zero-order chi connectivity index (χ0) is 21.1. The fourth-order valence-electron chi connectivity index (χ4n) is 3.84. The summed E-state index contributed by atoms with van der Waals surface area (Å²) in [5.74, 6) is 0.714. The Balaban J connectivity index is 1.56. The summed E-state index contributed by atoms with van der Waals surface area (Å²) in [6.07, 6.45) is 1.92. The number of ether oxygens (including phenoxy) is 1. The van der Waals surface area contributed by atoms with Gasteiger partial charge in [-0.05, 0) is 38.3 Å². The number of aromatic hydroxyl groups is 1. The number of nitrogens with one attached hydrogen (secondary N) is 1. The van der Waals surface area contributed by atoms with Crippen LogP contribution in [0.25, 0.3) is 16.5 Å². The van der Waals surface area contributed by atoms with E-state index in [1.165, 1.54) is 10.8 Å². The molecule has 30 heavy (non-hydrogen) atoms. The molecule has 0 aliphatic heterocycles. The molecule has 0 saturated carbocycles. The molecule has 0 saturated heterocycles. The maximum atomic E-state index is 10.4. The summed E-state index contributed by atoms with van der Waals surface area (Å²) in [6, 6.07) is 20.3. The average molecular weight is 402 g/mol. The van der Waals surface area contributed by atoms with Crippen molar-refractivity contribution in [3.05, 3.63) is 83.7 Å². The summed E-state index contributed by atoms with van der Waals surface area (Å²) < 4.78 is 7.49. The van der Waals surface area contributed by atoms with E-state index in [1.54, 1.807) is 6.07 Å². The minimum Gasteiger partial charge on any atom is -0.504 e. The highest BCUT2D eigenvalue weighted by Gasteiger charge is 2.16. The van der Waals surface area contributed by atoms with Crippen LogP contribution in [0.5, 0.6) is 11.5 Å². The highest BCUT2D eigenvalue weighted by atomic mass is 16.5. The van der Waals surface area contributed by atoms with Crippen LogP contribution in [0.2, 0.25) is 0 Å². The Morgan fingerprint density at radius 2 is 1.83 bits per heavy atom. The zero-order valence-corrected chi connectivity index (χ0v) is 17.6. The first kappa shape index (κ1) is 20.0. The van der Waals surface area contributed by atoms with Crippen molar-refractivity contribution in [2.24, 2.45) is 0 Å². The van der Waals surface area contributed by atoms with Gasteiger partial charge in [0.05, 0.1) is 18.5 Å². The van der Waals surface area contributed by atoms with E-state index in [1.807, 2.05) is 29.9 Å². The summed E-state index contributed by atoms with van der Waals surface area (Å²) in [5.41, 5.74) is 4.11. The van der Waals surface area contributed by atoms with E-state index >= 15 is 0 Å². The molecular formula is C25H27N3O2. The fourth-order valence-corrected chi connectivity index (χ4v) is 3.84. The third kappa shape index (κ3) is 3.76. The lowest BCUT2D eigenvalue weighted by Crippen LogP contribution is -2.19. The van der Waals surface area contributed by atoms with Gasteiger partial charge in [0.15, 0.2) is 11.5 Å².